The Morgan fingerprint density at radius 1 is 1.06 bits per heavy atom. The van der Waals surface area contributed by atoms with Crippen LogP contribution in [-0.2, 0) is 0 Å². The molecule has 5 nitrogen and oxygen atoms in total. The number of hydrogen-bond acceptors (Lipinski definition) is 4. The molecule has 0 fully saturated rings. The van der Waals surface area contributed by atoms with Gasteiger partial charge in [0.1, 0.15) is 5.82 Å². The van der Waals surface area contributed by atoms with Gasteiger partial charge in [-0.3, -0.25) is 4.79 Å². The van der Waals surface area contributed by atoms with E-state index in [1.807, 2.05) is 31.2 Å². The molecule has 0 radical (unpaired) electrons. The van der Waals surface area contributed by atoms with E-state index in [1.165, 1.54) is 12.4 Å². The topological polar surface area (TPSA) is 71.5 Å². The van der Waals surface area contributed by atoms with Gasteiger partial charge in [0.05, 0.1) is 0 Å². The number of benzene rings is 1. The molecule has 0 aliphatic carbocycles. The van der Waals surface area contributed by atoms with Crippen molar-refractivity contribution in [3.05, 3.63) is 52.6 Å². The summed E-state index contributed by atoms with van der Waals surface area (Å²) in [5.74, 6) is 0.507. The molecule has 88 valence electrons. The van der Waals surface area contributed by atoms with Crippen molar-refractivity contribution in [1.29, 1.82) is 0 Å². The van der Waals surface area contributed by atoms with Crippen molar-refractivity contribution in [2.45, 2.75) is 6.92 Å². The first-order chi connectivity index (χ1) is 8.74. The third-order valence-corrected chi connectivity index (χ3v) is 2.67. The maximum atomic E-state index is 11.8. The number of fused-ring (bicyclic) bond motifs is 1. The Kier molecular flexibility index (Phi) is 2.37. The van der Waals surface area contributed by atoms with Crippen LogP contribution in [0.3, 0.4) is 0 Å². The molecule has 3 rings (SSSR count). The van der Waals surface area contributed by atoms with Crippen LogP contribution in [0.5, 0.6) is 0 Å². The lowest BCUT2D eigenvalue weighted by Crippen LogP contribution is -2.11. The predicted molar refractivity (Wildman–Crippen MR) is 68.1 cm³/mol. The first-order valence-corrected chi connectivity index (χ1v) is 5.52. The van der Waals surface area contributed by atoms with E-state index in [0.717, 1.165) is 11.1 Å². The Labute approximate surface area is 103 Å². The van der Waals surface area contributed by atoms with Crippen molar-refractivity contribution in [1.82, 2.24) is 19.9 Å². The molecule has 0 saturated carbocycles. The SMILES string of the molecule is Cc1ccc(-c2nc3nccnc3c(=O)[nH]2)cc1. The van der Waals surface area contributed by atoms with Crippen molar-refractivity contribution < 1.29 is 0 Å². The minimum absolute atomic E-state index is 0.258. The lowest BCUT2D eigenvalue weighted by atomic mass is 10.1. The first kappa shape index (κ1) is 10.6. The van der Waals surface area contributed by atoms with Gasteiger partial charge in [0, 0.05) is 18.0 Å². The van der Waals surface area contributed by atoms with Gasteiger partial charge in [0.25, 0.3) is 5.56 Å². The Hall–Kier alpha value is -2.56. The van der Waals surface area contributed by atoms with E-state index in [4.69, 9.17) is 0 Å². The van der Waals surface area contributed by atoms with Crippen LogP contribution in [0.25, 0.3) is 22.6 Å². The van der Waals surface area contributed by atoms with Crippen molar-refractivity contribution in [2.75, 3.05) is 0 Å². The fraction of sp³-hybridized carbons (Fsp3) is 0.0769. The zero-order valence-electron chi connectivity index (χ0n) is 9.71. The van der Waals surface area contributed by atoms with Gasteiger partial charge in [-0.1, -0.05) is 29.8 Å². The Morgan fingerprint density at radius 2 is 1.78 bits per heavy atom. The molecule has 2 heterocycles. The molecular formula is C13H10N4O. The number of nitrogens with zero attached hydrogens (tertiary/aromatic N) is 3. The summed E-state index contributed by atoms with van der Waals surface area (Å²) in [6, 6.07) is 7.76. The van der Waals surface area contributed by atoms with Crippen LogP contribution < -0.4 is 5.56 Å². The smallest absolute Gasteiger partial charge is 0.279 e. The minimum atomic E-state index is -0.274. The summed E-state index contributed by atoms with van der Waals surface area (Å²) >= 11 is 0. The third kappa shape index (κ3) is 1.75. The van der Waals surface area contributed by atoms with Crippen LogP contribution in [0, 0.1) is 6.92 Å². The van der Waals surface area contributed by atoms with E-state index in [-0.39, 0.29) is 11.1 Å². The summed E-state index contributed by atoms with van der Waals surface area (Å²) in [7, 11) is 0. The standard InChI is InChI=1S/C13H10N4O/c1-8-2-4-9(5-3-8)11-16-12-10(13(18)17-11)14-6-7-15-12/h2-7H,1H3,(H,15,16,17,18). The number of aryl methyl sites for hydroxylation is 1. The fourth-order valence-corrected chi connectivity index (χ4v) is 1.72. The normalized spacial score (nSPS) is 10.7. The summed E-state index contributed by atoms with van der Waals surface area (Å²) in [4.78, 5) is 26.9. The second-order valence-electron chi connectivity index (χ2n) is 4.01. The number of aromatic amines is 1. The lowest BCUT2D eigenvalue weighted by molar-refractivity contribution is 1.12. The molecular weight excluding hydrogens is 228 g/mol. The highest BCUT2D eigenvalue weighted by Crippen LogP contribution is 2.15. The molecule has 1 N–H and O–H groups in total. The molecule has 0 amide bonds. The quantitative estimate of drug-likeness (QED) is 0.700. The Balaban J connectivity index is 2.24. The molecule has 0 atom stereocenters. The summed E-state index contributed by atoms with van der Waals surface area (Å²) < 4.78 is 0. The van der Waals surface area contributed by atoms with Gasteiger partial charge < -0.3 is 4.98 Å². The zero-order chi connectivity index (χ0) is 12.5. The number of hydrogen-bond donors (Lipinski definition) is 1. The van der Waals surface area contributed by atoms with E-state index in [2.05, 4.69) is 19.9 Å². The second kappa shape index (κ2) is 4.03. The van der Waals surface area contributed by atoms with Crippen LogP contribution in [0.2, 0.25) is 0 Å². The van der Waals surface area contributed by atoms with Gasteiger partial charge in [-0.2, -0.15) is 0 Å². The highest BCUT2D eigenvalue weighted by atomic mass is 16.1. The van der Waals surface area contributed by atoms with Gasteiger partial charge in [-0.05, 0) is 6.92 Å². The van der Waals surface area contributed by atoms with Crippen LogP contribution in [0.15, 0.2) is 41.5 Å². The van der Waals surface area contributed by atoms with Crippen molar-refractivity contribution >= 4 is 11.2 Å². The van der Waals surface area contributed by atoms with Gasteiger partial charge >= 0.3 is 0 Å². The number of nitrogens with one attached hydrogen (secondary N) is 1. The molecule has 2 aromatic heterocycles. The second-order valence-corrected chi connectivity index (χ2v) is 4.01. The molecule has 3 aromatic rings. The first-order valence-electron chi connectivity index (χ1n) is 5.52. The van der Waals surface area contributed by atoms with Gasteiger partial charge in [-0.25, -0.2) is 15.0 Å². The Morgan fingerprint density at radius 3 is 2.56 bits per heavy atom. The highest BCUT2D eigenvalue weighted by molar-refractivity contribution is 5.71. The average molecular weight is 238 g/mol. The monoisotopic (exact) mass is 238 g/mol. The molecule has 0 unspecified atom stereocenters. The summed E-state index contributed by atoms with van der Waals surface area (Å²) in [5, 5.41) is 0. The third-order valence-electron chi connectivity index (χ3n) is 2.67. The molecule has 0 aliphatic heterocycles. The van der Waals surface area contributed by atoms with Crippen LogP contribution in [0.1, 0.15) is 5.56 Å². The van der Waals surface area contributed by atoms with Gasteiger partial charge in [0.2, 0.25) is 0 Å². The van der Waals surface area contributed by atoms with Crippen LogP contribution in [0.4, 0.5) is 0 Å². The van der Waals surface area contributed by atoms with Gasteiger partial charge in [-0.15, -0.1) is 0 Å². The average Bonchev–Trinajstić information content (AvgIpc) is 2.39. The number of H-pyrrole nitrogens is 1. The molecule has 0 spiro atoms. The Bertz CT molecular complexity index is 762. The maximum absolute atomic E-state index is 11.8. The number of rotatable bonds is 1. The van der Waals surface area contributed by atoms with E-state index < -0.39 is 0 Å². The lowest BCUT2D eigenvalue weighted by Gasteiger charge is -2.02. The van der Waals surface area contributed by atoms with Gasteiger partial charge in [0.15, 0.2) is 11.2 Å². The van der Waals surface area contributed by atoms with E-state index in [9.17, 15) is 4.79 Å². The zero-order valence-corrected chi connectivity index (χ0v) is 9.71. The summed E-state index contributed by atoms with van der Waals surface area (Å²) in [6.45, 7) is 2.01. The maximum Gasteiger partial charge on any atom is 0.279 e. The van der Waals surface area contributed by atoms with E-state index in [0.29, 0.717) is 11.5 Å². The van der Waals surface area contributed by atoms with Crippen molar-refractivity contribution in [2.24, 2.45) is 0 Å². The van der Waals surface area contributed by atoms with Crippen LogP contribution in [-0.4, -0.2) is 19.9 Å². The van der Waals surface area contributed by atoms with Crippen molar-refractivity contribution in [3.63, 3.8) is 0 Å². The molecule has 18 heavy (non-hydrogen) atoms. The fourth-order valence-electron chi connectivity index (χ4n) is 1.72. The van der Waals surface area contributed by atoms with E-state index in [1.54, 1.807) is 0 Å². The molecule has 0 saturated heterocycles. The summed E-state index contributed by atoms with van der Waals surface area (Å²) in [5.41, 5.74) is 2.35. The molecule has 0 bridgehead atoms. The summed E-state index contributed by atoms with van der Waals surface area (Å²) in [6.07, 6.45) is 3.00. The molecule has 0 aliphatic rings. The largest absolute Gasteiger partial charge is 0.305 e. The molecule has 5 heteroatoms. The minimum Gasteiger partial charge on any atom is -0.305 e. The molecule has 1 aromatic carbocycles. The van der Waals surface area contributed by atoms with Crippen LogP contribution >= 0.6 is 0 Å². The van der Waals surface area contributed by atoms with Crippen molar-refractivity contribution in [3.8, 4) is 11.4 Å². The predicted octanol–water partition coefficient (Wildman–Crippen LogP) is 1.69. The van der Waals surface area contributed by atoms with E-state index >= 15 is 0 Å². The number of aromatic nitrogens is 4. The highest BCUT2D eigenvalue weighted by Gasteiger charge is 2.06.